The summed E-state index contributed by atoms with van der Waals surface area (Å²) < 4.78 is 12.9. The fourth-order valence-corrected chi connectivity index (χ4v) is 3.38. The summed E-state index contributed by atoms with van der Waals surface area (Å²) in [6.07, 6.45) is 5.76. The van der Waals surface area contributed by atoms with Crippen molar-refractivity contribution in [2.45, 2.75) is 12.5 Å². The molecule has 3 rings (SSSR count). The Balaban J connectivity index is 1.64. The predicted molar refractivity (Wildman–Crippen MR) is 93.6 cm³/mol. The van der Waals surface area contributed by atoms with Crippen LogP contribution in [-0.4, -0.2) is 53.0 Å². The molecule has 2 aromatic heterocycles. The van der Waals surface area contributed by atoms with E-state index in [0.717, 1.165) is 19.2 Å². The van der Waals surface area contributed by atoms with Crippen molar-refractivity contribution in [1.82, 2.24) is 19.8 Å². The number of pyridine rings is 2. The zero-order chi connectivity index (χ0) is 17.8. The van der Waals surface area contributed by atoms with E-state index in [0.29, 0.717) is 18.3 Å². The van der Waals surface area contributed by atoms with Crippen LogP contribution in [0.4, 0.5) is 15.0 Å². The van der Waals surface area contributed by atoms with Crippen LogP contribution in [0, 0.1) is 11.7 Å². The molecule has 0 unspecified atom stereocenters. The molecule has 2 aromatic rings. The van der Waals surface area contributed by atoms with Gasteiger partial charge in [-0.2, -0.15) is 0 Å². The molecule has 1 aliphatic heterocycles. The number of carbonyl (C=O) groups is 1. The number of hydrogen-bond acceptors (Lipinski definition) is 4. The SMILES string of the molecule is CN(C[C@@H]1CCN(C)[C@H]1c1cccnc1)C(=O)Nc1ccc(F)cn1. The largest absolute Gasteiger partial charge is 0.327 e. The molecule has 6 nitrogen and oxygen atoms in total. The minimum Gasteiger partial charge on any atom is -0.327 e. The van der Waals surface area contributed by atoms with Crippen LogP contribution in [0.25, 0.3) is 0 Å². The highest BCUT2D eigenvalue weighted by Gasteiger charge is 2.34. The highest BCUT2D eigenvalue weighted by atomic mass is 19.1. The van der Waals surface area contributed by atoms with Crippen molar-refractivity contribution >= 4 is 11.8 Å². The molecule has 1 N–H and O–H groups in total. The summed E-state index contributed by atoms with van der Waals surface area (Å²) in [6.45, 7) is 1.61. The van der Waals surface area contributed by atoms with E-state index < -0.39 is 5.82 Å². The third-order valence-corrected chi connectivity index (χ3v) is 4.62. The maximum atomic E-state index is 12.9. The first-order valence-corrected chi connectivity index (χ1v) is 8.28. The molecule has 25 heavy (non-hydrogen) atoms. The molecule has 1 fully saturated rings. The Morgan fingerprint density at radius 3 is 2.92 bits per heavy atom. The Bertz CT molecular complexity index is 709. The molecule has 0 radical (unpaired) electrons. The topological polar surface area (TPSA) is 61.4 Å². The Morgan fingerprint density at radius 1 is 1.40 bits per heavy atom. The van der Waals surface area contributed by atoms with Gasteiger partial charge in [0.1, 0.15) is 11.6 Å². The van der Waals surface area contributed by atoms with E-state index in [2.05, 4.69) is 33.3 Å². The molecule has 7 heteroatoms. The van der Waals surface area contributed by atoms with Crippen molar-refractivity contribution in [1.29, 1.82) is 0 Å². The molecule has 0 aromatic carbocycles. The zero-order valence-corrected chi connectivity index (χ0v) is 14.4. The van der Waals surface area contributed by atoms with Gasteiger partial charge in [-0.05, 0) is 49.7 Å². The van der Waals surface area contributed by atoms with E-state index in [-0.39, 0.29) is 12.1 Å². The van der Waals surface area contributed by atoms with E-state index in [1.165, 1.54) is 17.7 Å². The molecule has 0 aliphatic carbocycles. The van der Waals surface area contributed by atoms with Gasteiger partial charge >= 0.3 is 6.03 Å². The van der Waals surface area contributed by atoms with Crippen LogP contribution in [0.2, 0.25) is 0 Å². The summed E-state index contributed by atoms with van der Waals surface area (Å²) in [6, 6.07) is 6.73. The number of nitrogens with zero attached hydrogens (tertiary/aromatic N) is 4. The molecule has 1 aliphatic rings. The second kappa shape index (κ2) is 7.57. The number of hydrogen-bond donors (Lipinski definition) is 1. The van der Waals surface area contributed by atoms with E-state index in [9.17, 15) is 9.18 Å². The summed E-state index contributed by atoms with van der Waals surface area (Å²) in [5.74, 6) is 0.233. The van der Waals surface area contributed by atoms with Gasteiger partial charge < -0.3 is 4.90 Å². The standard InChI is InChI=1S/C18H22FN5O/c1-23-9-7-14(17(23)13-4-3-8-20-10-13)12-24(2)18(25)22-16-6-5-15(19)11-21-16/h3-6,8,10-11,14,17H,7,9,12H2,1-2H3,(H,21,22,25)/t14-,17-/m0/s1. The Labute approximate surface area is 146 Å². The first-order chi connectivity index (χ1) is 12.0. The number of halogens is 1. The quantitative estimate of drug-likeness (QED) is 0.927. The normalized spacial score (nSPS) is 20.4. The van der Waals surface area contributed by atoms with Gasteiger partial charge in [0.2, 0.25) is 0 Å². The number of nitrogens with one attached hydrogen (secondary N) is 1. The minimum atomic E-state index is -0.431. The number of carbonyl (C=O) groups excluding carboxylic acids is 1. The van der Waals surface area contributed by atoms with Gasteiger partial charge in [0.05, 0.1) is 6.20 Å². The van der Waals surface area contributed by atoms with E-state index in [1.807, 2.05) is 12.3 Å². The van der Waals surface area contributed by atoms with E-state index >= 15 is 0 Å². The van der Waals surface area contributed by atoms with Crippen molar-refractivity contribution in [2.75, 3.05) is 32.5 Å². The minimum absolute atomic E-state index is 0.243. The fourth-order valence-electron chi connectivity index (χ4n) is 3.38. The summed E-state index contributed by atoms with van der Waals surface area (Å²) in [5, 5.41) is 2.69. The second-order valence-electron chi connectivity index (χ2n) is 6.43. The van der Waals surface area contributed by atoms with Crippen molar-refractivity contribution in [3.63, 3.8) is 0 Å². The van der Waals surface area contributed by atoms with Gasteiger partial charge in [0.15, 0.2) is 0 Å². The number of anilines is 1. The van der Waals surface area contributed by atoms with Gasteiger partial charge in [0.25, 0.3) is 0 Å². The number of urea groups is 1. The highest BCUT2D eigenvalue weighted by molar-refractivity contribution is 5.88. The monoisotopic (exact) mass is 343 g/mol. The lowest BCUT2D eigenvalue weighted by Gasteiger charge is -2.28. The number of rotatable bonds is 4. The smallest absolute Gasteiger partial charge is 0.322 e. The summed E-state index contributed by atoms with van der Waals surface area (Å²) in [5.41, 5.74) is 1.17. The molecule has 2 amide bonds. The molecule has 0 spiro atoms. The maximum Gasteiger partial charge on any atom is 0.322 e. The molecule has 132 valence electrons. The third-order valence-electron chi connectivity index (χ3n) is 4.62. The van der Waals surface area contributed by atoms with Crippen molar-refractivity contribution in [2.24, 2.45) is 5.92 Å². The molecule has 2 atom stereocenters. The van der Waals surface area contributed by atoms with Gasteiger partial charge in [-0.3, -0.25) is 15.2 Å². The second-order valence-corrected chi connectivity index (χ2v) is 6.43. The van der Waals surface area contributed by atoms with Crippen molar-refractivity contribution < 1.29 is 9.18 Å². The molecule has 0 saturated carbocycles. The number of aromatic nitrogens is 2. The number of amides is 2. The lowest BCUT2D eigenvalue weighted by molar-refractivity contribution is 0.201. The first kappa shape index (κ1) is 17.3. The summed E-state index contributed by atoms with van der Waals surface area (Å²) in [7, 11) is 3.86. The van der Waals surface area contributed by atoms with Gasteiger partial charge in [-0.15, -0.1) is 0 Å². The van der Waals surface area contributed by atoms with Crippen LogP contribution in [0.3, 0.4) is 0 Å². The lowest BCUT2D eigenvalue weighted by atomic mass is 9.94. The molecule has 0 bridgehead atoms. The van der Waals surface area contributed by atoms with Crippen LogP contribution in [0.15, 0.2) is 42.9 Å². The number of likely N-dealkylation sites (tertiary alicyclic amines) is 1. The van der Waals surface area contributed by atoms with E-state index in [4.69, 9.17) is 0 Å². The highest BCUT2D eigenvalue weighted by Crippen LogP contribution is 2.36. The van der Waals surface area contributed by atoms with E-state index in [1.54, 1.807) is 18.1 Å². The molecule has 1 saturated heterocycles. The Kier molecular flexibility index (Phi) is 5.23. The average molecular weight is 343 g/mol. The maximum absolute atomic E-state index is 12.9. The molecular weight excluding hydrogens is 321 g/mol. The fraction of sp³-hybridized carbons (Fsp3) is 0.389. The van der Waals surface area contributed by atoms with Gasteiger partial charge in [-0.1, -0.05) is 6.07 Å². The molecular formula is C18H22FN5O. The van der Waals surface area contributed by atoms with Crippen LogP contribution in [0.5, 0.6) is 0 Å². The third kappa shape index (κ3) is 4.11. The lowest BCUT2D eigenvalue weighted by Crippen LogP contribution is -2.37. The van der Waals surface area contributed by atoms with Crippen molar-refractivity contribution in [3.05, 3.63) is 54.2 Å². The van der Waals surface area contributed by atoms with Crippen LogP contribution in [0.1, 0.15) is 18.0 Å². The van der Waals surface area contributed by atoms with Gasteiger partial charge in [-0.25, -0.2) is 14.2 Å². The average Bonchev–Trinajstić information content (AvgIpc) is 2.98. The predicted octanol–water partition coefficient (Wildman–Crippen LogP) is 2.77. The summed E-state index contributed by atoms with van der Waals surface area (Å²) in [4.78, 5) is 24.4. The van der Waals surface area contributed by atoms with Crippen LogP contribution < -0.4 is 5.32 Å². The van der Waals surface area contributed by atoms with Crippen molar-refractivity contribution in [3.8, 4) is 0 Å². The first-order valence-electron chi connectivity index (χ1n) is 8.28. The van der Waals surface area contributed by atoms with Crippen LogP contribution >= 0.6 is 0 Å². The Hall–Kier alpha value is -2.54. The van der Waals surface area contributed by atoms with Crippen LogP contribution in [-0.2, 0) is 0 Å². The zero-order valence-electron chi connectivity index (χ0n) is 14.4. The Morgan fingerprint density at radius 2 is 2.24 bits per heavy atom. The summed E-state index contributed by atoms with van der Waals surface area (Å²) >= 11 is 0. The molecule has 3 heterocycles. The van der Waals surface area contributed by atoms with Gasteiger partial charge in [0, 0.05) is 32.0 Å².